The largest absolute Gasteiger partial charge is 0.496 e. The third kappa shape index (κ3) is 2.83. The molecule has 0 saturated carbocycles. The minimum Gasteiger partial charge on any atom is -0.496 e. The highest BCUT2D eigenvalue weighted by Crippen LogP contribution is 2.36. The molecule has 5 nitrogen and oxygen atoms in total. The van der Waals surface area contributed by atoms with Gasteiger partial charge in [0.2, 0.25) is 0 Å². The molecule has 2 atom stereocenters. The highest BCUT2D eigenvalue weighted by atomic mass is 16.5. The van der Waals surface area contributed by atoms with Crippen molar-refractivity contribution < 1.29 is 19.7 Å². The van der Waals surface area contributed by atoms with Gasteiger partial charge in [0.15, 0.2) is 0 Å². The van der Waals surface area contributed by atoms with Crippen LogP contribution in [-0.2, 0) is 12.8 Å². The van der Waals surface area contributed by atoms with Gasteiger partial charge in [-0.15, -0.1) is 0 Å². The number of benzene rings is 1. The van der Waals surface area contributed by atoms with Crippen molar-refractivity contribution >= 4 is 0 Å². The SMILES string of the molecule is COc1ccc(OC)c2c1C[C@H](NCCO)[C@@H](O)C2. The molecule has 0 fully saturated rings. The second kappa shape index (κ2) is 6.23. The van der Waals surface area contributed by atoms with Crippen LogP contribution in [-0.4, -0.2) is 49.7 Å². The fraction of sp³-hybridized carbons (Fsp3) is 0.571. The Bertz CT molecular complexity index is 436. The van der Waals surface area contributed by atoms with Crippen LogP contribution in [0.15, 0.2) is 12.1 Å². The Labute approximate surface area is 113 Å². The summed E-state index contributed by atoms with van der Waals surface area (Å²) in [5.74, 6) is 1.61. The first-order valence-electron chi connectivity index (χ1n) is 6.46. The number of rotatable bonds is 5. The van der Waals surface area contributed by atoms with Crippen molar-refractivity contribution in [1.82, 2.24) is 5.32 Å². The third-order valence-electron chi connectivity index (χ3n) is 3.61. The number of aliphatic hydroxyl groups is 2. The van der Waals surface area contributed by atoms with Crippen LogP contribution in [0.3, 0.4) is 0 Å². The molecule has 0 saturated heterocycles. The maximum absolute atomic E-state index is 10.2. The monoisotopic (exact) mass is 267 g/mol. The van der Waals surface area contributed by atoms with Crippen LogP contribution in [0.4, 0.5) is 0 Å². The van der Waals surface area contributed by atoms with Crippen molar-refractivity contribution in [2.24, 2.45) is 0 Å². The quantitative estimate of drug-likeness (QED) is 0.706. The zero-order valence-corrected chi connectivity index (χ0v) is 11.3. The van der Waals surface area contributed by atoms with Gasteiger partial charge in [-0.05, 0) is 18.6 Å². The molecule has 0 amide bonds. The standard InChI is InChI=1S/C14H21NO4/c1-18-13-3-4-14(19-2)10-8-12(17)11(7-9(10)13)15-5-6-16/h3-4,11-12,15-17H,5-8H2,1-2H3/t11-,12-/m0/s1. The lowest BCUT2D eigenvalue weighted by Gasteiger charge is -2.32. The zero-order valence-electron chi connectivity index (χ0n) is 11.3. The highest BCUT2D eigenvalue weighted by molar-refractivity contribution is 5.51. The van der Waals surface area contributed by atoms with Gasteiger partial charge < -0.3 is 25.0 Å². The van der Waals surface area contributed by atoms with Crippen molar-refractivity contribution in [3.63, 3.8) is 0 Å². The van der Waals surface area contributed by atoms with E-state index in [1.54, 1.807) is 14.2 Å². The van der Waals surface area contributed by atoms with E-state index in [4.69, 9.17) is 14.6 Å². The number of ether oxygens (including phenoxy) is 2. The van der Waals surface area contributed by atoms with Crippen molar-refractivity contribution in [2.45, 2.75) is 25.0 Å². The smallest absolute Gasteiger partial charge is 0.122 e. The molecule has 2 rings (SSSR count). The Hall–Kier alpha value is -1.30. The zero-order chi connectivity index (χ0) is 13.8. The van der Waals surface area contributed by atoms with Crippen molar-refractivity contribution in [1.29, 1.82) is 0 Å². The molecular weight excluding hydrogens is 246 g/mol. The number of hydrogen-bond donors (Lipinski definition) is 3. The van der Waals surface area contributed by atoms with Crippen molar-refractivity contribution in [3.05, 3.63) is 23.3 Å². The first kappa shape index (κ1) is 14.1. The molecule has 5 heteroatoms. The summed E-state index contributed by atoms with van der Waals surface area (Å²) in [6.45, 7) is 0.536. The predicted octanol–water partition coefficient (Wildman–Crippen LogP) is 0.114. The molecule has 3 N–H and O–H groups in total. The normalized spacial score (nSPS) is 21.9. The maximum Gasteiger partial charge on any atom is 0.122 e. The first-order chi connectivity index (χ1) is 9.21. The summed E-state index contributed by atoms with van der Waals surface area (Å²) in [7, 11) is 3.27. The second-order valence-electron chi connectivity index (χ2n) is 4.69. The lowest BCUT2D eigenvalue weighted by atomic mass is 9.85. The molecule has 1 aromatic carbocycles. The minimum atomic E-state index is -0.486. The van der Waals surface area contributed by atoms with E-state index in [0.29, 0.717) is 19.4 Å². The molecule has 19 heavy (non-hydrogen) atoms. The van der Waals surface area contributed by atoms with Gasteiger partial charge in [-0.25, -0.2) is 0 Å². The summed E-state index contributed by atoms with van der Waals surface area (Å²) < 4.78 is 10.7. The molecule has 0 aromatic heterocycles. The average Bonchev–Trinajstić information content (AvgIpc) is 2.44. The van der Waals surface area contributed by atoms with Gasteiger partial charge in [0.25, 0.3) is 0 Å². The van der Waals surface area contributed by atoms with Gasteiger partial charge in [0.1, 0.15) is 11.5 Å². The van der Waals surface area contributed by atoms with Crippen LogP contribution in [0.5, 0.6) is 11.5 Å². The lowest BCUT2D eigenvalue weighted by molar-refractivity contribution is 0.114. The molecule has 0 aliphatic heterocycles. The number of nitrogens with one attached hydrogen (secondary N) is 1. The van der Waals surface area contributed by atoms with Crippen molar-refractivity contribution in [2.75, 3.05) is 27.4 Å². The highest BCUT2D eigenvalue weighted by Gasteiger charge is 2.30. The molecule has 106 valence electrons. The van der Waals surface area contributed by atoms with Crippen LogP contribution in [0.2, 0.25) is 0 Å². The molecule has 0 bridgehead atoms. The van der Waals surface area contributed by atoms with Gasteiger partial charge in [-0.3, -0.25) is 0 Å². The van der Waals surface area contributed by atoms with Crippen LogP contribution < -0.4 is 14.8 Å². The molecule has 0 unspecified atom stereocenters. The second-order valence-corrected chi connectivity index (χ2v) is 4.69. The average molecular weight is 267 g/mol. The molecule has 1 aliphatic carbocycles. The van der Waals surface area contributed by atoms with Crippen molar-refractivity contribution in [3.8, 4) is 11.5 Å². The van der Waals surface area contributed by atoms with Crippen LogP contribution in [0.1, 0.15) is 11.1 Å². The molecule has 1 aromatic rings. The summed E-state index contributed by atoms with van der Waals surface area (Å²) in [6.07, 6.45) is 0.704. The van der Waals surface area contributed by atoms with Gasteiger partial charge >= 0.3 is 0 Å². The maximum atomic E-state index is 10.2. The molecular formula is C14H21NO4. The van der Waals surface area contributed by atoms with Gasteiger partial charge in [-0.1, -0.05) is 0 Å². The van der Waals surface area contributed by atoms with E-state index in [-0.39, 0.29) is 12.6 Å². The lowest BCUT2D eigenvalue weighted by Crippen LogP contribution is -2.46. The van der Waals surface area contributed by atoms with E-state index in [1.165, 1.54) is 0 Å². The molecule has 0 spiro atoms. The van der Waals surface area contributed by atoms with E-state index >= 15 is 0 Å². The Morgan fingerprint density at radius 2 is 1.74 bits per heavy atom. The Morgan fingerprint density at radius 3 is 2.26 bits per heavy atom. The summed E-state index contributed by atoms with van der Waals surface area (Å²) >= 11 is 0. The van der Waals surface area contributed by atoms with E-state index in [0.717, 1.165) is 22.6 Å². The number of aliphatic hydroxyl groups excluding tert-OH is 2. The number of hydrogen-bond acceptors (Lipinski definition) is 5. The van der Waals surface area contributed by atoms with E-state index < -0.39 is 6.10 Å². The van der Waals surface area contributed by atoms with Gasteiger partial charge in [0, 0.05) is 30.1 Å². The minimum absolute atomic E-state index is 0.0608. The van der Waals surface area contributed by atoms with Crippen LogP contribution >= 0.6 is 0 Å². The molecule has 0 radical (unpaired) electrons. The van der Waals surface area contributed by atoms with E-state index in [1.807, 2.05) is 12.1 Å². The fourth-order valence-electron chi connectivity index (χ4n) is 2.65. The topological polar surface area (TPSA) is 71.0 Å². The molecule has 0 heterocycles. The van der Waals surface area contributed by atoms with E-state index in [2.05, 4.69) is 5.32 Å². The number of fused-ring (bicyclic) bond motifs is 1. The van der Waals surface area contributed by atoms with Gasteiger partial charge in [0.05, 0.1) is 26.9 Å². The Morgan fingerprint density at radius 1 is 1.16 bits per heavy atom. The fourth-order valence-corrected chi connectivity index (χ4v) is 2.65. The summed E-state index contributed by atoms with van der Waals surface area (Å²) in [5, 5.41) is 22.2. The third-order valence-corrected chi connectivity index (χ3v) is 3.61. The summed E-state index contributed by atoms with van der Waals surface area (Å²) in [5.41, 5.74) is 2.08. The van der Waals surface area contributed by atoms with E-state index in [9.17, 15) is 5.11 Å². The molecule has 1 aliphatic rings. The first-order valence-corrected chi connectivity index (χ1v) is 6.46. The van der Waals surface area contributed by atoms with Crippen LogP contribution in [0, 0.1) is 0 Å². The predicted molar refractivity (Wildman–Crippen MR) is 71.8 cm³/mol. The summed E-state index contributed by atoms with van der Waals surface area (Å²) in [4.78, 5) is 0. The van der Waals surface area contributed by atoms with Crippen LogP contribution in [0.25, 0.3) is 0 Å². The number of methoxy groups -OCH3 is 2. The summed E-state index contributed by atoms with van der Waals surface area (Å²) in [6, 6.07) is 3.69. The Balaban J connectivity index is 2.31. The Kier molecular flexibility index (Phi) is 4.63. The van der Waals surface area contributed by atoms with Gasteiger partial charge in [-0.2, -0.15) is 0 Å².